The summed E-state index contributed by atoms with van der Waals surface area (Å²) in [6, 6.07) is 0. The number of aliphatic hydroxyl groups is 1. The molecule has 0 aromatic rings. The smallest absolute Gasteiger partial charge is 0.330 e. The van der Waals surface area contributed by atoms with Crippen LogP contribution in [0.25, 0.3) is 0 Å². The Morgan fingerprint density at radius 2 is 2.26 bits per heavy atom. The molecule has 1 N–H and O–H groups in total. The highest BCUT2D eigenvalue weighted by Crippen LogP contribution is 2.12. The molecule has 110 valence electrons. The predicted molar refractivity (Wildman–Crippen MR) is 67.5 cm³/mol. The summed E-state index contributed by atoms with van der Waals surface area (Å²) in [7, 11) is 0. The first kappa shape index (κ1) is 16.1. The van der Waals surface area contributed by atoms with Gasteiger partial charge in [-0.25, -0.2) is 4.79 Å². The number of epoxide rings is 1. The molecule has 1 aliphatic heterocycles. The lowest BCUT2D eigenvalue weighted by Crippen LogP contribution is -2.28. The van der Waals surface area contributed by atoms with Crippen LogP contribution in [0.5, 0.6) is 0 Å². The lowest BCUT2D eigenvalue weighted by molar-refractivity contribution is -0.169. The van der Waals surface area contributed by atoms with Crippen molar-refractivity contribution in [3.63, 3.8) is 0 Å². The van der Waals surface area contributed by atoms with E-state index in [4.69, 9.17) is 18.9 Å². The number of hydrogen-bond acceptors (Lipinski definition) is 6. The van der Waals surface area contributed by atoms with Gasteiger partial charge in [-0.3, -0.25) is 0 Å². The topological polar surface area (TPSA) is 77.5 Å². The van der Waals surface area contributed by atoms with Gasteiger partial charge in [-0.2, -0.15) is 0 Å². The molecule has 0 saturated carbocycles. The Bertz CT molecular complexity index is 276. The number of esters is 1. The zero-order valence-corrected chi connectivity index (χ0v) is 11.2. The highest BCUT2D eigenvalue weighted by Gasteiger charge is 2.24. The summed E-state index contributed by atoms with van der Waals surface area (Å²) < 4.78 is 20.7. The van der Waals surface area contributed by atoms with Crippen molar-refractivity contribution in [3.05, 3.63) is 12.7 Å². The maximum Gasteiger partial charge on any atom is 0.330 e. The van der Waals surface area contributed by atoms with E-state index in [1.54, 1.807) is 0 Å². The third kappa shape index (κ3) is 7.94. The van der Waals surface area contributed by atoms with Crippen LogP contribution in [0, 0.1) is 0 Å². The zero-order chi connectivity index (χ0) is 14.1. The summed E-state index contributed by atoms with van der Waals surface area (Å²) >= 11 is 0. The molecular formula is C13H22O6. The molecule has 1 saturated heterocycles. The van der Waals surface area contributed by atoms with Gasteiger partial charge in [0.25, 0.3) is 0 Å². The van der Waals surface area contributed by atoms with Gasteiger partial charge >= 0.3 is 5.97 Å². The summed E-state index contributed by atoms with van der Waals surface area (Å²) in [5.41, 5.74) is 0. The molecule has 0 aromatic carbocycles. The SMILES string of the molecule is C=CC(=O)OCC(O)COC(CCC)OCC1CO1. The third-order valence-electron chi connectivity index (χ3n) is 2.45. The van der Waals surface area contributed by atoms with Gasteiger partial charge in [0, 0.05) is 6.08 Å². The molecule has 3 unspecified atom stereocenters. The first-order valence-corrected chi connectivity index (χ1v) is 6.47. The van der Waals surface area contributed by atoms with Crippen LogP contribution < -0.4 is 0 Å². The van der Waals surface area contributed by atoms with Crippen LogP contribution in [-0.2, 0) is 23.7 Å². The third-order valence-corrected chi connectivity index (χ3v) is 2.45. The standard InChI is InChI=1S/C13H22O6/c1-3-5-13(19-9-11-8-16-11)18-7-10(14)6-17-12(15)4-2/h4,10-11,13-14H,2-3,5-9H2,1H3. The molecule has 1 fully saturated rings. The van der Waals surface area contributed by atoms with Crippen molar-refractivity contribution in [1.29, 1.82) is 0 Å². The molecule has 1 heterocycles. The molecule has 0 aromatic heterocycles. The second-order valence-corrected chi connectivity index (χ2v) is 4.33. The van der Waals surface area contributed by atoms with Crippen LogP contribution in [0.3, 0.4) is 0 Å². The van der Waals surface area contributed by atoms with Crippen molar-refractivity contribution in [1.82, 2.24) is 0 Å². The molecule has 0 amide bonds. The Kier molecular flexibility index (Phi) is 7.66. The van der Waals surface area contributed by atoms with E-state index in [-0.39, 0.29) is 25.6 Å². The second-order valence-electron chi connectivity index (χ2n) is 4.33. The van der Waals surface area contributed by atoms with E-state index < -0.39 is 12.1 Å². The summed E-state index contributed by atoms with van der Waals surface area (Å²) in [6.45, 7) is 6.47. The minimum absolute atomic E-state index is 0.0562. The van der Waals surface area contributed by atoms with Gasteiger partial charge in [0.1, 0.15) is 18.8 Å². The first-order valence-electron chi connectivity index (χ1n) is 6.47. The molecule has 19 heavy (non-hydrogen) atoms. The largest absolute Gasteiger partial charge is 0.460 e. The van der Waals surface area contributed by atoms with Crippen LogP contribution in [0.4, 0.5) is 0 Å². The fraction of sp³-hybridized carbons (Fsp3) is 0.769. The Morgan fingerprint density at radius 3 is 2.84 bits per heavy atom. The number of rotatable bonds is 11. The van der Waals surface area contributed by atoms with E-state index in [1.165, 1.54) is 0 Å². The van der Waals surface area contributed by atoms with Gasteiger partial charge in [-0.15, -0.1) is 0 Å². The van der Waals surface area contributed by atoms with Gasteiger partial charge in [0.15, 0.2) is 6.29 Å². The summed E-state index contributed by atoms with van der Waals surface area (Å²) in [6.07, 6.45) is 1.65. The maximum atomic E-state index is 10.8. The Balaban J connectivity index is 2.13. The van der Waals surface area contributed by atoms with Gasteiger partial charge in [0.05, 0.1) is 19.8 Å². The van der Waals surface area contributed by atoms with Crippen molar-refractivity contribution < 1.29 is 28.8 Å². The molecule has 6 nitrogen and oxygen atoms in total. The van der Waals surface area contributed by atoms with Crippen LogP contribution in [0.1, 0.15) is 19.8 Å². The first-order chi connectivity index (χ1) is 9.15. The van der Waals surface area contributed by atoms with Crippen molar-refractivity contribution in [2.24, 2.45) is 0 Å². The number of carbonyl (C=O) groups excluding carboxylic acids is 1. The van der Waals surface area contributed by atoms with Crippen molar-refractivity contribution in [3.8, 4) is 0 Å². The van der Waals surface area contributed by atoms with E-state index in [1.807, 2.05) is 6.92 Å². The normalized spacial score (nSPS) is 20.6. The lowest BCUT2D eigenvalue weighted by Gasteiger charge is -2.19. The van der Waals surface area contributed by atoms with Crippen molar-refractivity contribution in [2.45, 2.75) is 38.3 Å². The van der Waals surface area contributed by atoms with Crippen LogP contribution >= 0.6 is 0 Å². The van der Waals surface area contributed by atoms with E-state index >= 15 is 0 Å². The molecule has 1 rings (SSSR count). The average molecular weight is 274 g/mol. The minimum atomic E-state index is -0.871. The minimum Gasteiger partial charge on any atom is -0.460 e. The lowest BCUT2D eigenvalue weighted by atomic mass is 10.3. The van der Waals surface area contributed by atoms with E-state index in [0.717, 1.165) is 25.5 Å². The summed E-state index contributed by atoms with van der Waals surface area (Å²) in [5, 5.41) is 9.58. The molecule has 6 heteroatoms. The number of aliphatic hydroxyl groups excluding tert-OH is 1. The van der Waals surface area contributed by atoms with Gasteiger partial charge in [-0.05, 0) is 6.42 Å². The van der Waals surface area contributed by atoms with Crippen LogP contribution in [0.2, 0.25) is 0 Å². The molecule has 0 aliphatic carbocycles. The van der Waals surface area contributed by atoms with Gasteiger partial charge in [0.2, 0.25) is 0 Å². The van der Waals surface area contributed by atoms with Crippen molar-refractivity contribution in [2.75, 3.05) is 26.4 Å². The highest BCUT2D eigenvalue weighted by molar-refractivity contribution is 5.81. The zero-order valence-electron chi connectivity index (χ0n) is 11.2. The Labute approximate surface area is 113 Å². The van der Waals surface area contributed by atoms with Crippen LogP contribution in [-0.4, -0.2) is 56.0 Å². The summed E-state index contributed by atoms with van der Waals surface area (Å²) in [4.78, 5) is 10.8. The predicted octanol–water partition coefficient (Wildman–Crippen LogP) is 0.635. The van der Waals surface area contributed by atoms with Crippen LogP contribution in [0.15, 0.2) is 12.7 Å². The maximum absolute atomic E-state index is 10.8. The molecule has 1 aliphatic rings. The molecule has 0 bridgehead atoms. The fourth-order valence-electron chi connectivity index (χ4n) is 1.33. The number of carbonyl (C=O) groups is 1. The van der Waals surface area contributed by atoms with Gasteiger partial charge in [-0.1, -0.05) is 19.9 Å². The summed E-state index contributed by atoms with van der Waals surface area (Å²) in [5.74, 6) is -0.564. The van der Waals surface area contributed by atoms with E-state index in [0.29, 0.717) is 6.61 Å². The van der Waals surface area contributed by atoms with Gasteiger partial charge < -0.3 is 24.1 Å². The highest BCUT2D eigenvalue weighted by atomic mass is 16.7. The quantitative estimate of drug-likeness (QED) is 0.258. The Morgan fingerprint density at radius 1 is 1.53 bits per heavy atom. The fourth-order valence-corrected chi connectivity index (χ4v) is 1.33. The Hall–Kier alpha value is -0.950. The monoisotopic (exact) mass is 274 g/mol. The number of ether oxygens (including phenoxy) is 4. The number of hydrogen-bond donors (Lipinski definition) is 1. The molecule has 3 atom stereocenters. The van der Waals surface area contributed by atoms with E-state index in [2.05, 4.69) is 6.58 Å². The molecule has 0 radical (unpaired) electrons. The molecule has 0 spiro atoms. The second kappa shape index (κ2) is 9.03. The van der Waals surface area contributed by atoms with Crippen molar-refractivity contribution >= 4 is 5.97 Å². The molecular weight excluding hydrogens is 252 g/mol. The average Bonchev–Trinajstić information content (AvgIpc) is 3.23. The van der Waals surface area contributed by atoms with E-state index in [9.17, 15) is 9.90 Å².